The average Bonchev–Trinajstić information content (AvgIpc) is 2.87. The van der Waals surface area contributed by atoms with Gasteiger partial charge in [0.2, 0.25) is 5.62 Å². The maximum Gasteiger partial charge on any atom is 0.230 e. The van der Waals surface area contributed by atoms with Gasteiger partial charge in [-0.05, 0) is 12.1 Å². The first-order valence-corrected chi connectivity index (χ1v) is 5.61. The van der Waals surface area contributed by atoms with Crippen LogP contribution in [0.15, 0.2) is 30.6 Å². The second-order valence-electron chi connectivity index (χ2n) is 3.96. The van der Waals surface area contributed by atoms with Crippen molar-refractivity contribution in [2.75, 3.05) is 12.8 Å². The Labute approximate surface area is 108 Å². The van der Waals surface area contributed by atoms with Gasteiger partial charge in [0.1, 0.15) is 17.1 Å². The van der Waals surface area contributed by atoms with Gasteiger partial charge in [-0.15, -0.1) is 0 Å². The second kappa shape index (κ2) is 4.13. The van der Waals surface area contributed by atoms with Gasteiger partial charge in [-0.25, -0.2) is 4.98 Å². The van der Waals surface area contributed by atoms with Gasteiger partial charge < -0.3 is 15.5 Å². The first kappa shape index (κ1) is 11.3. The Kier molecular flexibility index (Phi) is 2.45. The van der Waals surface area contributed by atoms with Gasteiger partial charge in [0, 0.05) is 6.07 Å². The fraction of sp³-hybridized carbons (Fsp3) is 0.0833. The molecule has 7 heteroatoms. The van der Waals surface area contributed by atoms with Crippen LogP contribution in [0.3, 0.4) is 0 Å². The number of anilines is 1. The molecule has 2 heterocycles. The van der Waals surface area contributed by atoms with Gasteiger partial charge in [0.25, 0.3) is 0 Å². The molecule has 0 fully saturated rings. The van der Waals surface area contributed by atoms with Crippen molar-refractivity contribution < 1.29 is 4.74 Å². The Bertz CT molecular complexity index is 803. The summed E-state index contributed by atoms with van der Waals surface area (Å²) >= 11 is 0. The number of nitrogens with two attached hydrogens (primary N) is 1. The molecule has 0 amide bonds. The van der Waals surface area contributed by atoms with Crippen molar-refractivity contribution in [3.8, 4) is 11.4 Å². The molecule has 19 heavy (non-hydrogen) atoms. The van der Waals surface area contributed by atoms with E-state index in [1.165, 1.54) is 10.9 Å². The average molecular weight is 256 g/mol. The van der Waals surface area contributed by atoms with Crippen LogP contribution in [0.25, 0.3) is 16.9 Å². The number of H-pyrrole nitrogens is 1. The number of hydrogen-bond acceptors (Lipinski definition) is 5. The van der Waals surface area contributed by atoms with Crippen LogP contribution in [0.1, 0.15) is 0 Å². The first-order valence-electron chi connectivity index (χ1n) is 5.61. The molecule has 3 rings (SSSR count). The summed E-state index contributed by atoms with van der Waals surface area (Å²) in [6.07, 6.45) is 1.50. The number of benzene rings is 1. The minimum atomic E-state index is 0.0188. The van der Waals surface area contributed by atoms with Crippen molar-refractivity contribution in [2.24, 2.45) is 0 Å². The van der Waals surface area contributed by atoms with E-state index in [2.05, 4.69) is 15.0 Å². The van der Waals surface area contributed by atoms with E-state index < -0.39 is 0 Å². The molecule has 0 aliphatic rings. The van der Waals surface area contributed by atoms with Crippen LogP contribution < -0.4 is 16.1 Å². The predicted octanol–water partition coefficient (Wildman–Crippen LogP) is 0.819. The number of aromatic amines is 1. The minimum Gasteiger partial charge on any atom is -0.497 e. The molecule has 0 unspecified atom stereocenters. The lowest BCUT2D eigenvalue weighted by atomic mass is 10.3. The fourth-order valence-electron chi connectivity index (χ4n) is 1.95. The molecule has 0 atom stereocenters. The van der Waals surface area contributed by atoms with E-state index in [9.17, 15) is 0 Å². The van der Waals surface area contributed by atoms with Crippen molar-refractivity contribution in [3.63, 3.8) is 0 Å². The topological polar surface area (TPSA) is 106 Å². The number of fused-ring (bicyclic) bond motifs is 1. The van der Waals surface area contributed by atoms with Crippen LogP contribution in [-0.4, -0.2) is 26.6 Å². The Balaban J connectivity index is 2.32. The molecule has 3 aromatic rings. The lowest BCUT2D eigenvalue weighted by molar-refractivity contribution is 0.414. The fourth-order valence-corrected chi connectivity index (χ4v) is 1.95. The van der Waals surface area contributed by atoms with Crippen LogP contribution >= 0.6 is 0 Å². The standard InChI is InChI=1S/C12H12N6O/c1-19-8-4-2-3-7(5-8)18-10(13)9-11(16-6-15-9)17-12(18)14/h2-6H,13H2,1H3,(H2,14,15,16,17). The highest BCUT2D eigenvalue weighted by Gasteiger charge is 2.10. The molecule has 2 aromatic heterocycles. The molecular formula is C12H12N6O. The predicted molar refractivity (Wildman–Crippen MR) is 70.0 cm³/mol. The Hall–Kier alpha value is -2.83. The van der Waals surface area contributed by atoms with Gasteiger partial charge in [-0.3, -0.25) is 9.98 Å². The van der Waals surface area contributed by atoms with Gasteiger partial charge in [0.15, 0.2) is 5.65 Å². The number of nitrogen functional groups attached to an aromatic ring is 1. The lowest BCUT2D eigenvalue weighted by Crippen LogP contribution is -2.24. The molecule has 7 nitrogen and oxygen atoms in total. The van der Waals surface area contributed by atoms with Crippen LogP contribution in [0.5, 0.6) is 5.75 Å². The van der Waals surface area contributed by atoms with E-state index >= 15 is 0 Å². The first-order chi connectivity index (χ1) is 9.20. The molecule has 0 bridgehead atoms. The zero-order valence-electron chi connectivity index (χ0n) is 10.2. The largest absolute Gasteiger partial charge is 0.497 e. The molecule has 1 aromatic carbocycles. The van der Waals surface area contributed by atoms with Crippen molar-refractivity contribution >= 4 is 17.0 Å². The smallest absolute Gasteiger partial charge is 0.230 e. The summed E-state index contributed by atoms with van der Waals surface area (Å²) < 4.78 is 6.70. The maximum atomic E-state index is 7.97. The highest BCUT2D eigenvalue weighted by molar-refractivity contribution is 5.81. The van der Waals surface area contributed by atoms with E-state index in [-0.39, 0.29) is 5.62 Å². The third-order valence-corrected chi connectivity index (χ3v) is 2.85. The summed E-state index contributed by atoms with van der Waals surface area (Å²) in [4.78, 5) is 11.0. The molecule has 0 saturated carbocycles. The normalized spacial score (nSPS) is 10.8. The van der Waals surface area contributed by atoms with Crippen LogP contribution in [0.4, 0.5) is 5.82 Å². The lowest BCUT2D eigenvalue weighted by Gasteiger charge is -2.11. The molecule has 96 valence electrons. The molecule has 0 aliphatic heterocycles. The molecule has 4 N–H and O–H groups in total. The van der Waals surface area contributed by atoms with Gasteiger partial charge in [-0.2, -0.15) is 4.98 Å². The third kappa shape index (κ3) is 1.71. The molecule has 0 spiro atoms. The van der Waals surface area contributed by atoms with Crippen LogP contribution in [0, 0.1) is 5.41 Å². The number of nitrogens with one attached hydrogen (secondary N) is 2. The highest BCUT2D eigenvalue weighted by atomic mass is 16.5. The quantitative estimate of drug-likeness (QED) is 0.631. The second-order valence-corrected chi connectivity index (χ2v) is 3.96. The SMILES string of the molecule is COc1cccc(-n2c(N)c3[nH]cnc3nc2=N)c1. The number of rotatable bonds is 2. The highest BCUT2D eigenvalue weighted by Crippen LogP contribution is 2.20. The molecular weight excluding hydrogens is 244 g/mol. The number of ether oxygens (including phenoxy) is 1. The molecule has 0 radical (unpaired) electrons. The molecule has 0 saturated heterocycles. The zero-order chi connectivity index (χ0) is 13.4. The third-order valence-electron chi connectivity index (χ3n) is 2.85. The maximum absolute atomic E-state index is 7.97. The van der Waals surface area contributed by atoms with Crippen LogP contribution in [0.2, 0.25) is 0 Å². The van der Waals surface area contributed by atoms with Crippen molar-refractivity contribution in [2.45, 2.75) is 0 Å². The number of hydrogen-bond donors (Lipinski definition) is 3. The van der Waals surface area contributed by atoms with E-state index in [0.29, 0.717) is 28.4 Å². The van der Waals surface area contributed by atoms with E-state index in [1.54, 1.807) is 13.2 Å². The summed E-state index contributed by atoms with van der Waals surface area (Å²) in [7, 11) is 1.59. The van der Waals surface area contributed by atoms with Crippen molar-refractivity contribution in [3.05, 3.63) is 36.2 Å². The van der Waals surface area contributed by atoms with E-state index in [0.717, 1.165) is 0 Å². The summed E-state index contributed by atoms with van der Waals surface area (Å²) in [6.45, 7) is 0. The number of aromatic nitrogens is 4. The minimum absolute atomic E-state index is 0.0188. The van der Waals surface area contributed by atoms with Crippen LogP contribution in [-0.2, 0) is 0 Å². The number of nitrogens with zero attached hydrogens (tertiary/aromatic N) is 3. The van der Waals surface area contributed by atoms with Gasteiger partial charge >= 0.3 is 0 Å². The Morgan fingerprint density at radius 2 is 2.26 bits per heavy atom. The van der Waals surface area contributed by atoms with E-state index in [1.807, 2.05) is 18.2 Å². The number of methoxy groups -OCH3 is 1. The summed E-state index contributed by atoms with van der Waals surface area (Å²) in [5, 5.41) is 7.97. The van der Waals surface area contributed by atoms with Crippen molar-refractivity contribution in [1.29, 1.82) is 5.41 Å². The summed E-state index contributed by atoms with van der Waals surface area (Å²) in [6, 6.07) is 7.28. The monoisotopic (exact) mass is 256 g/mol. The summed E-state index contributed by atoms with van der Waals surface area (Å²) in [5.41, 5.74) is 7.85. The van der Waals surface area contributed by atoms with Gasteiger partial charge in [0.05, 0.1) is 19.1 Å². The van der Waals surface area contributed by atoms with Crippen molar-refractivity contribution in [1.82, 2.24) is 19.5 Å². The Morgan fingerprint density at radius 1 is 1.42 bits per heavy atom. The zero-order valence-corrected chi connectivity index (χ0v) is 10.2. The Morgan fingerprint density at radius 3 is 3.05 bits per heavy atom. The van der Waals surface area contributed by atoms with Gasteiger partial charge in [-0.1, -0.05) is 6.07 Å². The van der Waals surface area contributed by atoms with E-state index in [4.69, 9.17) is 15.9 Å². The summed E-state index contributed by atoms with van der Waals surface area (Å²) in [5.74, 6) is 1.08. The molecule has 0 aliphatic carbocycles. The number of imidazole rings is 1.